The number of rotatable bonds is 9. The number of nitrogens with zero attached hydrogens (tertiary/aromatic N) is 1. The van der Waals surface area contributed by atoms with Gasteiger partial charge in [0.25, 0.3) is 10.0 Å². The summed E-state index contributed by atoms with van der Waals surface area (Å²) in [6.45, 7) is -0.262. The van der Waals surface area contributed by atoms with Crippen molar-refractivity contribution in [1.29, 1.82) is 0 Å². The first kappa shape index (κ1) is 22.4. The Morgan fingerprint density at radius 1 is 0.871 bits per heavy atom. The van der Waals surface area contributed by atoms with E-state index < -0.39 is 28.3 Å². The summed E-state index contributed by atoms with van der Waals surface area (Å²) in [6.07, 6.45) is 1.21. The molecule has 31 heavy (non-hydrogen) atoms. The molecule has 0 saturated heterocycles. The fraction of sp³-hybridized carbons (Fsp3) is 0.174. The summed E-state index contributed by atoms with van der Waals surface area (Å²) in [5, 5.41) is 2.67. The van der Waals surface area contributed by atoms with Crippen molar-refractivity contribution in [3.63, 3.8) is 0 Å². The number of carbonyl (C=O) groups excluding carboxylic acids is 1. The topological polar surface area (TPSA) is 66.5 Å². The Bertz CT molecular complexity index is 1120. The monoisotopic (exact) mass is 444 g/mol. The van der Waals surface area contributed by atoms with Crippen LogP contribution in [0.5, 0.6) is 0 Å². The molecule has 0 spiro atoms. The molecular formula is C23H22F2N2O3S. The minimum Gasteiger partial charge on any atom is -0.355 e. The van der Waals surface area contributed by atoms with Gasteiger partial charge in [0.05, 0.1) is 10.6 Å². The molecule has 0 heterocycles. The second-order valence-electron chi connectivity index (χ2n) is 6.86. The van der Waals surface area contributed by atoms with Gasteiger partial charge >= 0.3 is 0 Å². The van der Waals surface area contributed by atoms with E-state index in [2.05, 4.69) is 5.32 Å². The van der Waals surface area contributed by atoms with Crippen molar-refractivity contribution < 1.29 is 22.0 Å². The molecule has 0 radical (unpaired) electrons. The Morgan fingerprint density at radius 2 is 1.52 bits per heavy atom. The Kier molecular flexibility index (Phi) is 7.36. The number of hydrogen-bond donors (Lipinski definition) is 1. The van der Waals surface area contributed by atoms with E-state index in [1.54, 1.807) is 30.3 Å². The number of sulfonamides is 1. The van der Waals surface area contributed by atoms with Gasteiger partial charge in [0.2, 0.25) is 5.91 Å². The molecule has 8 heteroatoms. The first-order valence-electron chi connectivity index (χ1n) is 9.71. The highest BCUT2D eigenvalue weighted by Crippen LogP contribution is 2.25. The van der Waals surface area contributed by atoms with Gasteiger partial charge in [-0.25, -0.2) is 17.2 Å². The summed E-state index contributed by atoms with van der Waals surface area (Å²) in [6, 6.07) is 19.1. The second kappa shape index (κ2) is 10.2. The van der Waals surface area contributed by atoms with Gasteiger partial charge < -0.3 is 5.32 Å². The van der Waals surface area contributed by atoms with Crippen LogP contribution in [0.1, 0.15) is 12.0 Å². The van der Waals surface area contributed by atoms with E-state index in [1.165, 1.54) is 42.5 Å². The van der Waals surface area contributed by atoms with E-state index >= 15 is 0 Å². The molecule has 0 atom stereocenters. The summed E-state index contributed by atoms with van der Waals surface area (Å²) in [5.74, 6) is -1.61. The molecule has 0 aliphatic rings. The predicted octanol–water partition coefficient (Wildman–Crippen LogP) is 3.91. The first-order valence-corrected chi connectivity index (χ1v) is 11.2. The number of aryl methyl sites for hydroxylation is 1. The average molecular weight is 445 g/mol. The minimum absolute atomic E-state index is 0.0395. The molecule has 3 aromatic rings. The third-order valence-electron chi connectivity index (χ3n) is 4.62. The SMILES string of the molecule is O=C(CN(c1ccccc1F)S(=O)(=O)c1ccccc1)NCCCc1ccc(F)cc1. The molecule has 3 aromatic carbocycles. The van der Waals surface area contributed by atoms with Gasteiger partial charge in [0, 0.05) is 6.54 Å². The van der Waals surface area contributed by atoms with Gasteiger partial charge in [0.1, 0.15) is 18.2 Å². The molecule has 0 bridgehead atoms. The molecule has 5 nitrogen and oxygen atoms in total. The van der Waals surface area contributed by atoms with Crippen LogP contribution in [0.3, 0.4) is 0 Å². The van der Waals surface area contributed by atoms with Crippen LogP contribution in [0.15, 0.2) is 83.8 Å². The van der Waals surface area contributed by atoms with Gasteiger partial charge in [-0.05, 0) is 54.8 Å². The lowest BCUT2D eigenvalue weighted by atomic mass is 10.1. The fourth-order valence-electron chi connectivity index (χ4n) is 3.03. The standard InChI is InChI=1S/C23H22F2N2O3S/c24-19-14-12-18(13-15-19)7-6-16-26-23(28)17-27(22-11-5-4-10-21(22)25)31(29,30)20-8-2-1-3-9-20/h1-5,8-15H,6-7,16-17H2,(H,26,28). The molecule has 0 saturated carbocycles. The number of anilines is 1. The Labute approximate surface area is 180 Å². The molecular weight excluding hydrogens is 422 g/mol. The number of benzene rings is 3. The summed E-state index contributed by atoms with van der Waals surface area (Å²) < 4.78 is 54.3. The summed E-state index contributed by atoms with van der Waals surface area (Å²) in [4.78, 5) is 12.4. The van der Waals surface area contributed by atoms with E-state index in [-0.39, 0.29) is 16.4 Å². The first-order chi connectivity index (χ1) is 14.9. The summed E-state index contributed by atoms with van der Waals surface area (Å²) >= 11 is 0. The van der Waals surface area contributed by atoms with Crippen molar-refractivity contribution >= 4 is 21.6 Å². The van der Waals surface area contributed by atoms with Crippen LogP contribution >= 0.6 is 0 Å². The number of halogens is 2. The second-order valence-corrected chi connectivity index (χ2v) is 8.72. The molecule has 0 fully saturated rings. The van der Waals surface area contributed by atoms with Crippen molar-refractivity contribution in [2.24, 2.45) is 0 Å². The Balaban J connectivity index is 1.69. The highest BCUT2D eigenvalue weighted by molar-refractivity contribution is 7.92. The van der Waals surface area contributed by atoms with E-state index in [4.69, 9.17) is 0 Å². The Morgan fingerprint density at radius 3 is 2.19 bits per heavy atom. The van der Waals surface area contributed by atoms with Crippen LogP contribution in [-0.4, -0.2) is 27.4 Å². The lowest BCUT2D eigenvalue weighted by Crippen LogP contribution is -2.41. The normalized spacial score (nSPS) is 11.2. The van der Waals surface area contributed by atoms with E-state index in [1.807, 2.05) is 0 Å². The molecule has 0 aromatic heterocycles. The van der Waals surface area contributed by atoms with Crippen LogP contribution in [0.25, 0.3) is 0 Å². The zero-order valence-electron chi connectivity index (χ0n) is 16.7. The minimum atomic E-state index is -4.15. The third-order valence-corrected chi connectivity index (χ3v) is 6.39. The lowest BCUT2D eigenvalue weighted by molar-refractivity contribution is -0.119. The van der Waals surface area contributed by atoms with Crippen LogP contribution in [0.2, 0.25) is 0 Å². The van der Waals surface area contributed by atoms with Crippen LogP contribution < -0.4 is 9.62 Å². The summed E-state index contributed by atoms with van der Waals surface area (Å²) in [7, 11) is -4.15. The molecule has 0 unspecified atom stereocenters. The molecule has 0 aliphatic heterocycles. The van der Waals surface area contributed by atoms with E-state index in [0.29, 0.717) is 19.4 Å². The number of amides is 1. The van der Waals surface area contributed by atoms with Gasteiger partial charge in [-0.3, -0.25) is 9.10 Å². The van der Waals surface area contributed by atoms with E-state index in [0.717, 1.165) is 15.9 Å². The zero-order valence-corrected chi connectivity index (χ0v) is 17.5. The lowest BCUT2D eigenvalue weighted by Gasteiger charge is -2.24. The zero-order chi connectivity index (χ0) is 22.3. The third kappa shape index (κ3) is 5.88. The molecule has 162 valence electrons. The fourth-order valence-corrected chi connectivity index (χ4v) is 4.48. The maximum atomic E-state index is 14.4. The number of para-hydroxylation sites is 1. The van der Waals surface area contributed by atoms with Crippen molar-refractivity contribution in [2.75, 3.05) is 17.4 Å². The maximum Gasteiger partial charge on any atom is 0.264 e. The largest absolute Gasteiger partial charge is 0.355 e. The Hall–Kier alpha value is -3.26. The predicted molar refractivity (Wildman–Crippen MR) is 115 cm³/mol. The van der Waals surface area contributed by atoms with Crippen molar-refractivity contribution in [3.8, 4) is 0 Å². The quantitative estimate of drug-likeness (QED) is 0.509. The summed E-state index contributed by atoms with van der Waals surface area (Å²) in [5.41, 5.74) is 0.725. The highest BCUT2D eigenvalue weighted by Gasteiger charge is 2.28. The highest BCUT2D eigenvalue weighted by atomic mass is 32.2. The van der Waals surface area contributed by atoms with Gasteiger partial charge in [-0.1, -0.05) is 42.5 Å². The number of nitrogens with one attached hydrogen (secondary N) is 1. The average Bonchev–Trinajstić information content (AvgIpc) is 2.77. The molecule has 3 rings (SSSR count). The van der Waals surface area contributed by atoms with Gasteiger partial charge in [-0.15, -0.1) is 0 Å². The smallest absolute Gasteiger partial charge is 0.264 e. The molecule has 1 N–H and O–H groups in total. The van der Waals surface area contributed by atoms with Crippen LogP contribution in [0.4, 0.5) is 14.5 Å². The van der Waals surface area contributed by atoms with Crippen molar-refractivity contribution in [2.45, 2.75) is 17.7 Å². The van der Waals surface area contributed by atoms with Crippen LogP contribution in [-0.2, 0) is 21.2 Å². The molecule has 0 aliphatic carbocycles. The maximum absolute atomic E-state index is 14.4. The van der Waals surface area contributed by atoms with Crippen LogP contribution in [0, 0.1) is 11.6 Å². The number of carbonyl (C=O) groups is 1. The van der Waals surface area contributed by atoms with Gasteiger partial charge in [0.15, 0.2) is 0 Å². The number of hydrogen-bond acceptors (Lipinski definition) is 3. The van der Waals surface area contributed by atoms with Crippen molar-refractivity contribution in [3.05, 3.63) is 96.1 Å². The van der Waals surface area contributed by atoms with Gasteiger partial charge in [-0.2, -0.15) is 0 Å². The molecule has 1 amide bonds. The van der Waals surface area contributed by atoms with Crippen molar-refractivity contribution in [1.82, 2.24) is 5.32 Å². The van der Waals surface area contributed by atoms with E-state index in [9.17, 15) is 22.0 Å².